The average Bonchev–Trinajstić information content (AvgIpc) is 2.61. The molecule has 0 aliphatic heterocycles. The molecule has 1 heteroatoms. The van der Waals surface area contributed by atoms with Gasteiger partial charge in [0, 0.05) is 12.3 Å². The normalized spacial score (nSPS) is 51.2. The molecule has 0 heterocycles. The fraction of sp³-hybridized carbons (Fsp3) is 0.909. The minimum absolute atomic E-state index is 0.525. The van der Waals surface area contributed by atoms with Gasteiger partial charge in [0.05, 0.1) is 0 Å². The molecule has 0 bridgehead atoms. The Morgan fingerprint density at radius 1 is 1.08 bits per heavy atom. The van der Waals surface area contributed by atoms with Gasteiger partial charge in [-0.05, 0) is 37.0 Å². The molecular weight excluding hydrogens is 148 g/mol. The molecule has 3 rings (SSSR count). The minimum atomic E-state index is 0.525. The van der Waals surface area contributed by atoms with Gasteiger partial charge in [-0.15, -0.1) is 0 Å². The lowest BCUT2D eigenvalue weighted by molar-refractivity contribution is -0.122. The number of rotatable bonds is 0. The van der Waals surface area contributed by atoms with Crippen molar-refractivity contribution in [2.45, 2.75) is 38.5 Å². The van der Waals surface area contributed by atoms with Crippen molar-refractivity contribution in [3.63, 3.8) is 0 Å². The SMILES string of the molecule is O=C1CC[C@@H]2C[C@H]3CCC[C@H]3[C@H]12. The van der Waals surface area contributed by atoms with Crippen LogP contribution in [0.2, 0.25) is 0 Å². The van der Waals surface area contributed by atoms with E-state index in [1.54, 1.807) is 0 Å². The van der Waals surface area contributed by atoms with Crippen LogP contribution in [0.1, 0.15) is 38.5 Å². The van der Waals surface area contributed by atoms with Crippen LogP contribution in [0.3, 0.4) is 0 Å². The Hall–Kier alpha value is -0.330. The molecule has 0 aromatic rings. The van der Waals surface area contributed by atoms with Crippen molar-refractivity contribution >= 4 is 5.78 Å². The van der Waals surface area contributed by atoms with Gasteiger partial charge in [-0.3, -0.25) is 4.79 Å². The van der Waals surface area contributed by atoms with E-state index >= 15 is 0 Å². The van der Waals surface area contributed by atoms with Gasteiger partial charge in [-0.2, -0.15) is 0 Å². The van der Waals surface area contributed by atoms with Crippen molar-refractivity contribution in [3.05, 3.63) is 0 Å². The fourth-order valence-electron chi connectivity index (χ4n) is 4.01. The van der Waals surface area contributed by atoms with Gasteiger partial charge in [-0.1, -0.05) is 12.8 Å². The van der Waals surface area contributed by atoms with Crippen LogP contribution >= 0.6 is 0 Å². The van der Waals surface area contributed by atoms with E-state index in [4.69, 9.17) is 0 Å². The summed E-state index contributed by atoms with van der Waals surface area (Å²) in [5.41, 5.74) is 0. The van der Waals surface area contributed by atoms with Crippen LogP contribution in [-0.2, 0) is 4.79 Å². The fourth-order valence-corrected chi connectivity index (χ4v) is 4.01. The molecule has 1 nitrogen and oxygen atoms in total. The van der Waals surface area contributed by atoms with Crippen LogP contribution in [0, 0.1) is 23.7 Å². The molecule has 12 heavy (non-hydrogen) atoms. The molecule has 0 radical (unpaired) electrons. The first-order valence-electron chi connectivity index (χ1n) is 5.39. The highest BCUT2D eigenvalue weighted by Gasteiger charge is 2.50. The van der Waals surface area contributed by atoms with Crippen LogP contribution in [0.5, 0.6) is 0 Å². The molecule has 0 aromatic carbocycles. The number of Topliss-reactive ketones (excluding diaryl/α,β-unsaturated/α-hetero) is 1. The van der Waals surface area contributed by atoms with Crippen molar-refractivity contribution in [1.82, 2.24) is 0 Å². The molecule has 0 N–H and O–H groups in total. The molecule has 3 aliphatic carbocycles. The lowest BCUT2D eigenvalue weighted by Crippen LogP contribution is -2.17. The van der Waals surface area contributed by atoms with Gasteiger partial charge < -0.3 is 0 Å². The first-order valence-corrected chi connectivity index (χ1v) is 5.39. The molecule has 4 atom stereocenters. The summed E-state index contributed by atoms with van der Waals surface area (Å²) in [5.74, 6) is 3.72. The van der Waals surface area contributed by atoms with Crippen LogP contribution in [0.25, 0.3) is 0 Å². The summed E-state index contributed by atoms with van der Waals surface area (Å²) < 4.78 is 0. The Balaban J connectivity index is 1.90. The summed E-state index contributed by atoms with van der Waals surface area (Å²) in [5, 5.41) is 0. The van der Waals surface area contributed by atoms with Crippen molar-refractivity contribution in [2.24, 2.45) is 23.7 Å². The van der Waals surface area contributed by atoms with Gasteiger partial charge in [0.25, 0.3) is 0 Å². The summed E-state index contributed by atoms with van der Waals surface area (Å²) in [6, 6.07) is 0. The first-order chi connectivity index (χ1) is 5.86. The first kappa shape index (κ1) is 7.11. The van der Waals surface area contributed by atoms with E-state index in [0.29, 0.717) is 11.7 Å². The zero-order chi connectivity index (χ0) is 8.13. The minimum Gasteiger partial charge on any atom is -0.299 e. The second kappa shape index (κ2) is 2.34. The molecule has 3 saturated carbocycles. The Morgan fingerprint density at radius 3 is 2.92 bits per heavy atom. The van der Waals surface area contributed by atoms with Crippen LogP contribution in [0.15, 0.2) is 0 Å². The summed E-state index contributed by atoms with van der Waals surface area (Å²) in [7, 11) is 0. The third kappa shape index (κ3) is 0.773. The monoisotopic (exact) mass is 164 g/mol. The zero-order valence-corrected chi connectivity index (χ0v) is 7.46. The van der Waals surface area contributed by atoms with E-state index in [2.05, 4.69) is 0 Å². The number of carbonyl (C=O) groups excluding carboxylic acids is 1. The van der Waals surface area contributed by atoms with Gasteiger partial charge in [-0.25, -0.2) is 0 Å². The van der Waals surface area contributed by atoms with Gasteiger partial charge in [0.15, 0.2) is 0 Å². The highest BCUT2D eigenvalue weighted by atomic mass is 16.1. The zero-order valence-electron chi connectivity index (χ0n) is 7.46. The third-order valence-corrected chi connectivity index (χ3v) is 4.43. The quantitative estimate of drug-likeness (QED) is 0.537. The third-order valence-electron chi connectivity index (χ3n) is 4.43. The van der Waals surface area contributed by atoms with Crippen molar-refractivity contribution < 1.29 is 4.79 Å². The van der Waals surface area contributed by atoms with Crippen molar-refractivity contribution in [1.29, 1.82) is 0 Å². The molecule has 0 saturated heterocycles. The second-order valence-corrected chi connectivity index (χ2v) is 4.88. The summed E-state index contributed by atoms with van der Waals surface area (Å²) >= 11 is 0. The van der Waals surface area contributed by atoms with Gasteiger partial charge >= 0.3 is 0 Å². The number of carbonyl (C=O) groups is 1. The highest BCUT2D eigenvalue weighted by molar-refractivity contribution is 5.84. The van der Waals surface area contributed by atoms with Gasteiger partial charge in [0.1, 0.15) is 5.78 Å². The maximum absolute atomic E-state index is 11.6. The van der Waals surface area contributed by atoms with E-state index < -0.39 is 0 Å². The Labute approximate surface area is 73.5 Å². The Bertz CT molecular complexity index is 221. The Morgan fingerprint density at radius 2 is 2.00 bits per heavy atom. The van der Waals surface area contributed by atoms with Gasteiger partial charge in [0.2, 0.25) is 0 Å². The second-order valence-electron chi connectivity index (χ2n) is 4.88. The number of fused-ring (bicyclic) bond motifs is 3. The number of ketones is 1. The van der Waals surface area contributed by atoms with E-state index in [1.165, 1.54) is 32.1 Å². The smallest absolute Gasteiger partial charge is 0.136 e. The van der Waals surface area contributed by atoms with Crippen LogP contribution < -0.4 is 0 Å². The summed E-state index contributed by atoms with van der Waals surface area (Å²) in [4.78, 5) is 11.6. The number of hydrogen-bond donors (Lipinski definition) is 0. The molecule has 0 aromatic heterocycles. The summed E-state index contributed by atoms with van der Waals surface area (Å²) in [6.45, 7) is 0. The largest absolute Gasteiger partial charge is 0.299 e. The lowest BCUT2D eigenvalue weighted by Gasteiger charge is -2.14. The topological polar surface area (TPSA) is 17.1 Å². The van der Waals surface area contributed by atoms with Crippen LogP contribution in [0.4, 0.5) is 0 Å². The standard InChI is InChI=1S/C11H16O/c12-10-5-4-8-6-7-2-1-3-9(7)11(8)10/h7-9,11H,1-6H2/t7-,8-,9-,11-/m1/s1. The van der Waals surface area contributed by atoms with E-state index in [-0.39, 0.29) is 0 Å². The van der Waals surface area contributed by atoms with Crippen molar-refractivity contribution in [2.75, 3.05) is 0 Å². The predicted octanol–water partition coefficient (Wildman–Crippen LogP) is 2.40. The number of hydrogen-bond acceptors (Lipinski definition) is 1. The molecule has 3 aliphatic rings. The maximum atomic E-state index is 11.6. The van der Waals surface area contributed by atoms with Crippen molar-refractivity contribution in [3.8, 4) is 0 Å². The molecule has 0 amide bonds. The molecule has 0 unspecified atom stereocenters. The van der Waals surface area contributed by atoms with E-state index in [0.717, 1.165) is 24.2 Å². The molecular formula is C11H16O. The molecule has 66 valence electrons. The molecule has 3 fully saturated rings. The predicted molar refractivity (Wildman–Crippen MR) is 46.7 cm³/mol. The highest BCUT2D eigenvalue weighted by Crippen LogP contribution is 2.55. The van der Waals surface area contributed by atoms with E-state index in [1.807, 2.05) is 0 Å². The van der Waals surface area contributed by atoms with E-state index in [9.17, 15) is 4.79 Å². The van der Waals surface area contributed by atoms with Crippen LogP contribution in [-0.4, -0.2) is 5.78 Å². The maximum Gasteiger partial charge on any atom is 0.136 e. The average molecular weight is 164 g/mol. The molecule has 0 spiro atoms. The summed E-state index contributed by atoms with van der Waals surface area (Å²) in [6.07, 6.45) is 7.68. The lowest BCUT2D eigenvalue weighted by atomic mass is 9.89. The Kier molecular flexibility index (Phi) is 1.38.